The Morgan fingerprint density at radius 1 is 1.04 bits per heavy atom. The zero-order chi connectivity index (χ0) is 18.2. The average Bonchev–Trinajstić information content (AvgIpc) is 2.69. The molecule has 132 valence electrons. The van der Waals surface area contributed by atoms with E-state index in [1.807, 2.05) is 60.7 Å². The normalized spacial score (nSPS) is 10.5. The standard InChI is InChI=1S/C20H19N3O3/c24-19(21-11-12-26-14-15-7-3-1-4-8-15)17-13-22-18(23-20(17)25)16-9-5-2-6-10-16/h1-10,13H,11-12,14H2,(H,21,24)(H,22,23,25). The van der Waals surface area contributed by atoms with E-state index >= 15 is 0 Å². The molecular weight excluding hydrogens is 330 g/mol. The van der Waals surface area contributed by atoms with Gasteiger partial charge in [-0.15, -0.1) is 0 Å². The van der Waals surface area contributed by atoms with E-state index in [9.17, 15) is 9.59 Å². The van der Waals surface area contributed by atoms with Crippen molar-refractivity contribution in [3.63, 3.8) is 0 Å². The molecule has 2 aromatic carbocycles. The van der Waals surface area contributed by atoms with Gasteiger partial charge in [0.2, 0.25) is 0 Å². The molecule has 6 heteroatoms. The number of carbonyl (C=O) groups is 1. The third-order valence-electron chi connectivity index (χ3n) is 3.73. The van der Waals surface area contributed by atoms with Crippen LogP contribution in [0.5, 0.6) is 0 Å². The number of aromatic amines is 1. The predicted molar refractivity (Wildman–Crippen MR) is 98.7 cm³/mol. The van der Waals surface area contributed by atoms with Crippen molar-refractivity contribution < 1.29 is 9.53 Å². The van der Waals surface area contributed by atoms with E-state index in [-0.39, 0.29) is 5.56 Å². The van der Waals surface area contributed by atoms with E-state index < -0.39 is 11.5 Å². The summed E-state index contributed by atoms with van der Waals surface area (Å²) in [6.07, 6.45) is 1.29. The molecule has 0 atom stereocenters. The zero-order valence-corrected chi connectivity index (χ0v) is 14.1. The zero-order valence-electron chi connectivity index (χ0n) is 14.1. The van der Waals surface area contributed by atoms with Crippen LogP contribution < -0.4 is 10.9 Å². The quantitative estimate of drug-likeness (QED) is 0.642. The summed E-state index contributed by atoms with van der Waals surface area (Å²) in [5, 5.41) is 2.66. The highest BCUT2D eigenvalue weighted by molar-refractivity contribution is 5.93. The van der Waals surface area contributed by atoms with Gasteiger partial charge in [-0.05, 0) is 5.56 Å². The minimum Gasteiger partial charge on any atom is -0.375 e. The minimum absolute atomic E-state index is 0.0206. The lowest BCUT2D eigenvalue weighted by molar-refractivity contribution is 0.0899. The Labute approximate surface area is 150 Å². The first kappa shape index (κ1) is 17.6. The Kier molecular flexibility index (Phi) is 5.90. The molecule has 0 radical (unpaired) electrons. The number of nitrogens with zero attached hydrogens (tertiary/aromatic N) is 1. The highest BCUT2D eigenvalue weighted by Crippen LogP contribution is 2.11. The lowest BCUT2D eigenvalue weighted by atomic mass is 10.2. The highest BCUT2D eigenvalue weighted by atomic mass is 16.5. The number of amides is 1. The van der Waals surface area contributed by atoms with Crippen LogP contribution >= 0.6 is 0 Å². The van der Waals surface area contributed by atoms with Gasteiger partial charge in [0.15, 0.2) is 0 Å². The molecule has 0 unspecified atom stereocenters. The summed E-state index contributed by atoms with van der Waals surface area (Å²) < 4.78 is 5.50. The van der Waals surface area contributed by atoms with Crippen molar-refractivity contribution in [3.8, 4) is 11.4 Å². The van der Waals surface area contributed by atoms with E-state index in [2.05, 4.69) is 15.3 Å². The van der Waals surface area contributed by atoms with Crippen molar-refractivity contribution in [3.05, 3.63) is 88.3 Å². The number of benzene rings is 2. The van der Waals surface area contributed by atoms with Crippen LogP contribution in [-0.4, -0.2) is 29.0 Å². The molecule has 0 bridgehead atoms. The van der Waals surface area contributed by atoms with Crippen LogP contribution in [0.4, 0.5) is 0 Å². The second-order valence-electron chi connectivity index (χ2n) is 5.63. The van der Waals surface area contributed by atoms with Crippen LogP contribution in [0.2, 0.25) is 0 Å². The molecule has 3 aromatic rings. The van der Waals surface area contributed by atoms with Gasteiger partial charge in [-0.3, -0.25) is 9.59 Å². The Bertz CT molecular complexity index is 908. The van der Waals surface area contributed by atoms with Gasteiger partial charge in [-0.1, -0.05) is 60.7 Å². The fraction of sp³-hybridized carbons (Fsp3) is 0.150. The molecule has 1 heterocycles. The number of aromatic nitrogens is 2. The highest BCUT2D eigenvalue weighted by Gasteiger charge is 2.12. The largest absolute Gasteiger partial charge is 0.375 e. The SMILES string of the molecule is O=C(NCCOCc1ccccc1)c1cnc(-c2ccccc2)[nH]c1=O. The third-order valence-corrected chi connectivity index (χ3v) is 3.73. The van der Waals surface area contributed by atoms with Gasteiger partial charge in [0.05, 0.1) is 13.2 Å². The Balaban J connectivity index is 1.51. The number of hydrogen-bond donors (Lipinski definition) is 2. The van der Waals surface area contributed by atoms with Crippen molar-refractivity contribution >= 4 is 5.91 Å². The van der Waals surface area contributed by atoms with Crippen LogP contribution in [0, 0.1) is 0 Å². The Morgan fingerprint density at radius 3 is 2.42 bits per heavy atom. The Hall–Kier alpha value is -3.25. The van der Waals surface area contributed by atoms with Gasteiger partial charge in [0.1, 0.15) is 11.4 Å². The van der Waals surface area contributed by atoms with Crippen LogP contribution in [0.3, 0.4) is 0 Å². The maximum atomic E-state index is 12.1. The first-order chi connectivity index (χ1) is 12.7. The fourth-order valence-electron chi connectivity index (χ4n) is 2.40. The number of nitrogens with one attached hydrogen (secondary N) is 2. The molecule has 0 aliphatic rings. The third kappa shape index (κ3) is 4.64. The van der Waals surface area contributed by atoms with Gasteiger partial charge < -0.3 is 15.0 Å². The summed E-state index contributed by atoms with van der Waals surface area (Å²) in [6, 6.07) is 19.0. The van der Waals surface area contributed by atoms with Crippen LogP contribution in [0.1, 0.15) is 15.9 Å². The lowest BCUT2D eigenvalue weighted by Crippen LogP contribution is -2.32. The molecule has 0 saturated carbocycles. The number of H-pyrrole nitrogens is 1. The molecule has 0 saturated heterocycles. The summed E-state index contributed by atoms with van der Waals surface area (Å²) >= 11 is 0. The fourth-order valence-corrected chi connectivity index (χ4v) is 2.40. The van der Waals surface area contributed by atoms with Gasteiger partial charge in [0.25, 0.3) is 11.5 Å². The molecule has 1 aromatic heterocycles. The molecule has 2 N–H and O–H groups in total. The van der Waals surface area contributed by atoms with Crippen molar-refractivity contribution in [1.29, 1.82) is 0 Å². The second-order valence-corrected chi connectivity index (χ2v) is 5.63. The first-order valence-electron chi connectivity index (χ1n) is 8.28. The molecule has 6 nitrogen and oxygen atoms in total. The molecule has 3 rings (SSSR count). The van der Waals surface area contributed by atoms with Crippen molar-refractivity contribution in [2.45, 2.75) is 6.61 Å². The van der Waals surface area contributed by atoms with Crippen molar-refractivity contribution in [2.75, 3.05) is 13.2 Å². The topological polar surface area (TPSA) is 84.1 Å². The van der Waals surface area contributed by atoms with Crippen LogP contribution in [-0.2, 0) is 11.3 Å². The Morgan fingerprint density at radius 2 is 1.73 bits per heavy atom. The van der Waals surface area contributed by atoms with Gasteiger partial charge >= 0.3 is 0 Å². The van der Waals surface area contributed by atoms with Crippen molar-refractivity contribution in [2.24, 2.45) is 0 Å². The molecule has 0 aliphatic carbocycles. The molecule has 0 fully saturated rings. The number of rotatable bonds is 7. The summed E-state index contributed by atoms with van der Waals surface area (Å²) in [4.78, 5) is 31.1. The predicted octanol–water partition coefficient (Wildman–Crippen LogP) is 2.38. The molecule has 1 amide bonds. The maximum Gasteiger partial charge on any atom is 0.264 e. The maximum absolute atomic E-state index is 12.1. The smallest absolute Gasteiger partial charge is 0.264 e. The van der Waals surface area contributed by atoms with Gasteiger partial charge in [-0.25, -0.2) is 4.98 Å². The van der Waals surface area contributed by atoms with Crippen LogP contribution in [0.15, 0.2) is 71.7 Å². The molecule has 26 heavy (non-hydrogen) atoms. The second kappa shape index (κ2) is 8.73. The number of hydrogen-bond acceptors (Lipinski definition) is 4. The summed E-state index contributed by atoms with van der Waals surface area (Å²) in [7, 11) is 0. The van der Waals surface area contributed by atoms with E-state index in [0.29, 0.717) is 25.6 Å². The van der Waals surface area contributed by atoms with E-state index in [0.717, 1.165) is 11.1 Å². The van der Waals surface area contributed by atoms with E-state index in [1.165, 1.54) is 6.20 Å². The monoisotopic (exact) mass is 349 g/mol. The van der Waals surface area contributed by atoms with Gasteiger partial charge in [-0.2, -0.15) is 0 Å². The van der Waals surface area contributed by atoms with Gasteiger partial charge in [0, 0.05) is 18.3 Å². The molecule has 0 aliphatic heterocycles. The summed E-state index contributed by atoms with van der Waals surface area (Å²) in [5.74, 6) is -0.0417. The first-order valence-corrected chi connectivity index (χ1v) is 8.28. The molecule has 0 spiro atoms. The van der Waals surface area contributed by atoms with Crippen LogP contribution in [0.25, 0.3) is 11.4 Å². The molecular formula is C20H19N3O3. The number of carbonyl (C=O) groups excluding carboxylic acids is 1. The number of ether oxygens (including phenoxy) is 1. The van der Waals surface area contributed by atoms with E-state index in [1.54, 1.807) is 0 Å². The van der Waals surface area contributed by atoms with Crippen molar-refractivity contribution in [1.82, 2.24) is 15.3 Å². The summed E-state index contributed by atoms with van der Waals surface area (Å²) in [5.41, 5.74) is 1.36. The van der Waals surface area contributed by atoms with E-state index in [4.69, 9.17) is 4.74 Å². The average molecular weight is 349 g/mol. The summed E-state index contributed by atoms with van der Waals surface area (Å²) in [6.45, 7) is 1.14. The minimum atomic E-state index is -0.471. The lowest BCUT2D eigenvalue weighted by Gasteiger charge is -2.07.